The van der Waals surface area contributed by atoms with E-state index in [0.717, 1.165) is 23.3 Å². The van der Waals surface area contributed by atoms with Crippen molar-refractivity contribution in [3.63, 3.8) is 0 Å². The van der Waals surface area contributed by atoms with Gasteiger partial charge in [-0.2, -0.15) is 21.6 Å². The Morgan fingerprint density at radius 3 is 2.69 bits per heavy atom. The molecule has 0 atom stereocenters. The summed E-state index contributed by atoms with van der Waals surface area (Å²) in [4.78, 5) is 13.9. The Labute approximate surface area is 204 Å². The molecule has 1 aliphatic heterocycles. The minimum atomic E-state index is -5.70. The van der Waals surface area contributed by atoms with Gasteiger partial charge in [-0.3, -0.25) is 4.72 Å². The number of azo groups is 1. The first kappa shape index (κ1) is 26.8. The number of ether oxygens (including phenoxy) is 1. The predicted molar refractivity (Wildman–Crippen MR) is 125 cm³/mol. The molecule has 0 saturated heterocycles. The summed E-state index contributed by atoms with van der Waals surface area (Å²) in [6, 6.07) is 2.86. The topological polar surface area (TPSA) is 126 Å². The monoisotopic (exact) mass is 534 g/mol. The summed E-state index contributed by atoms with van der Waals surface area (Å²) in [5, 5.41) is 15.1. The average Bonchev–Trinajstić information content (AvgIpc) is 3.24. The van der Waals surface area contributed by atoms with Gasteiger partial charge in [0, 0.05) is 18.8 Å². The van der Waals surface area contributed by atoms with Crippen LogP contribution in [0, 0.1) is 5.92 Å². The summed E-state index contributed by atoms with van der Waals surface area (Å²) in [5.74, 6) is -0.394. The minimum absolute atomic E-state index is 0.0442. The number of anilines is 2. The van der Waals surface area contributed by atoms with Crippen LogP contribution in [0.15, 0.2) is 22.4 Å². The fourth-order valence-electron chi connectivity index (χ4n) is 3.38. The van der Waals surface area contributed by atoms with Crippen molar-refractivity contribution in [3.8, 4) is 0 Å². The smallest absolute Gasteiger partial charge is 0.460 e. The second-order valence-corrected chi connectivity index (χ2v) is 10.8. The largest absolute Gasteiger partial charge is 0.516 e. The molecule has 0 unspecified atom stereocenters. The van der Waals surface area contributed by atoms with Crippen molar-refractivity contribution in [2.75, 3.05) is 29.3 Å². The molecule has 1 aromatic carbocycles. The molecule has 1 aromatic heterocycles. The summed E-state index contributed by atoms with van der Waals surface area (Å²) < 4.78 is 69.5. The van der Waals surface area contributed by atoms with Crippen molar-refractivity contribution in [2.45, 2.75) is 45.5 Å². The van der Waals surface area contributed by atoms with Gasteiger partial charge >= 0.3 is 21.5 Å². The van der Waals surface area contributed by atoms with Crippen LogP contribution < -0.4 is 9.62 Å². The van der Waals surface area contributed by atoms with Gasteiger partial charge in [-0.1, -0.05) is 32.1 Å². The number of alkyl halides is 3. The third kappa shape index (κ3) is 6.66. The number of aryl methyl sites for hydroxylation is 1. The lowest BCUT2D eigenvalue weighted by molar-refractivity contribution is -0.0429. The Bertz CT molecular complexity index is 1200. The molecule has 1 N–H and O–H groups in total. The van der Waals surface area contributed by atoms with Crippen LogP contribution in [0.1, 0.15) is 49.0 Å². The number of aromatic nitrogens is 2. The number of rotatable bonds is 9. The maximum absolute atomic E-state index is 13.1. The Hall–Kier alpha value is -2.81. The zero-order valence-electron chi connectivity index (χ0n) is 19.3. The number of nitrogens with zero attached hydrogens (tertiary/aromatic N) is 5. The number of hydrogen-bond donors (Lipinski definition) is 1. The van der Waals surface area contributed by atoms with Crippen LogP contribution in [-0.2, 0) is 21.2 Å². The van der Waals surface area contributed by atoms with Crippen molar-refractivity contribution in [2.24, 2.45) is 16.1 Å². The number of carbonyl (C=O) groups is 1. The number of halogens is 3. The Morgan fingerprint density at radius 2 is 2.03 bits per heavy atom. The van der Waals surface area contributed by atoms with Gasteiger partial charge in [-0.05, 0) is 42.9 Å². The van der Waals surface area contributed by atoms with E-state index in [1.54, 1.807) is 4.72 Å². The zero-order valence-corrected chi connectivity index (χ0v) is 20.9. The third-order valence-corrected chi connectivity index (χ3v) is 6.70. The van der Waals surface area contributed by atoms with E-state index in [-0.39, 0.29) is 34.0 Å². The van der Waals surface area contributed by atoms with Gasteiger partial charge in [0.2, 0.25) is 5.01 Å². The van der Waals surface area contributed by atoms with Gasteiger partial charge in [-0.15, -0.1) is 20.4 Å². The summed E-state index contributed by atoms with van der Waals surface area (Å²) in [6.07, 6.45) is 2.09. The normalized spacial score (nSPS) is 14.4. The lowest BCUT2D eigenvalue weighted by Crippen LogP contribution is -2.33. The molecule has 2 heterocycles. The van der Waals surface area contributed by atoms with Crippen LogP contribution in [0.2, 0.25) is 0 Å². The Morgan fingerprint density at radius 1 is 1.29 bits per heavy atom. The van der Waals surface area contributed by atoms with E-state index in [2.05, 4.69) is 20.4 Å². The van der Waals surface area contributed by atoms with E-state index in [0.29, 0.717) is 31.6 Å². The highest BCUT2D eigenvalue weighted by atomic mass is 32.2. The molecule has 15 heteroatoms. The maximum Gasteiger partial charge on any atom is 0.516 e. The van der Waals surface area contributed by atoms with Gasteiger partial charge in [0.15, 0.2) is 0 Å². The molecule has 0 aliphatic carbocycles. The molecule has 2 aromatic rings. The highest BCUT2D eigenvalue weighted by molar-refractivity contribution is 7.93. The highest BCUT2D eigenvalue weighted by Gasteiger charge is 2.46. The first-order chi connectivity index (χ1) is 16.4. The summed E-state index contributed by atoms with van der Waals surface area (Å²) in [5.41, 5.74) is -4.55. The second kappa shape index (κ2) is 10.8. The average molecular weight is 535 g/mol. The van der Waals surface area contributed by atoms with Crippen molar-refractivity contribution >= 4 is 49.5 Å². The molecule has 1 aliphatic rings. The highest BCUT2D eigenvalue weighted by Crippen LogP contribution is 2.40. The molecule has 192 valence electrons. The van der Waals surface area contributed by atoms with E-state index in [9.17, 15) is 26.4 Å². The predicted octanol–water partition coefficient (Wildman–Crippen LogP) is 5.19. The summed E-state index contributed by atoms with van der Waals surface area (Å²) in [7, 11) is -5.70. The molecular weight excluding hydrogens is 509 g/mol. The number of fused-ring (bicyclic) bond motifs is 1. The lowest BCUT2D eigenvalue weighted by atomic mass is 9.99. The van der Waals surface area contributed by atoms with Crippen LogP contribution in [0.3, 0.4) is 0 Å². The van der Waals surface area contributed by atoms with Crippen LogP contribution in [-0.4, -0.2) is 49.8 Å². The number of nitrogens with one attached hydrogen (secondary N) is 1. The third-order valence-electron chi connectivity index (χ3n) is 4.82. The van der Waals surface area contributed by atoms with E-state index in [4.69, 9.17) is 4.74 Å². The molecule has 0 fully saturated rings. The van der Waals surface area contributed by atoms with Crippen LogP contribution in [0.25, 0.3) is 0 Å². The van der Waals surface area contributed by atoms with Crippen molar-refractivity contribution < 1.29 is 31.1 Å². The summed E-state index contributed by atoms with van der Waals surface area (Å²) >= 11 is 0.786. The number of benzene rings is 1. The maximum atomic E-state index is 13.1. The van der Waals surface area contributed by atoms with Gasteiger partial charge in [0.25, 0.3) is 5.13 Å². The lowest BCUT2D eigenvalue weighted by Gasteiger charge is -2.33. The Balaban J connectivity index is 1.98. The minimum Gasteiger partial charge on any atom is -0.460 e. The Kier molecular flexibility index (Phi) is 8.30. The number of esters is 1. The number of hydrogen-bond acceptors (Lipinski definition) is 10. The molecule has 0 radical (unpaired) electrons. The van der Waals surface area contributed by atoms with E-state index < -0.39 is 21.5 Å². The molecule has 10 nitrogen and oxygen atoms in total. The SMILES string of the molecule is CCCOC(=O)c1nnc(N=Nc2cc3c(cc2NS(=O)(=O)C(F)(F)F)N(CC(C)C)CCC3)s1. The molecular formula is C20H25F3N6O4S2. The number of sulfonamides is 1. The molecule has 0 spiro atoms. The van der Waals surface area contributed by atoms with E-state index in [1.807, 2.05) is 25.7 Å². The van der Waals surface area contributed by atoms with Crippen molar-refractivity contribution in [1.82, 2.24) is 10.2 Å². The fraction of sp³-hybridized carbons (Fsp3) is 0.550. The van der Waals surface area contributed by atoms with Gasteiger partial charge in [-0.25, -0.2) is 4.79 Å². The van der Waals surface area contributed by atoms with Gasteiger partial charge in [0.05, 0.1) is 12.3 Å². The fourth-order valence-corrected chi connectivity index (χ4v) is 4.51. The van der Waals surface area contributed by atoms with Gasteiger partial charge < -0.3 is 9.64 Å². The molecule has 35 heavy (non-hydrogen) atoms. The first-order valence-corrected chi connectivity index (χ1v) is 13.1. The van der Waals surface area contributed by atoms with Crippen LogP contribution in [0.5, 0.6) is 0 Å². The zero-order chi connectivity index (χ0) is 25.8. The van der Waals surface area contributed by atoms with E-state index >= 15 is 0 Å². The van der Waals surface area contributed by atoms with Crippen LogP contribution in [0.4, 0.5) is 35.4 Å². The second-order valence-electron chi connectivity index (χ2n) is 8.22. The molecule has 0 amide bonds. The standard InChI is InChI=1S/C20H25F3N6O4S2/c1-4-8-33-18(30)17-25-27-19(34-17)26-24-14-9-13-6-5-7-29(11-12(2)3)16(13)10-15(14)28-35(31,32)20(21,22)23/h9-10,12,28H,4-8,11H2,1-3H3. The molecule has 0 bridgehead atoms. The number of carbonyl (C=O) groups excluding carboxylic acids is 1. The van der Waals surface area contributed by atoms with E-state index in [1.165, 1.54) is 12.1 Å². The molecule has 3 rings (SSSR count). The van der Waals surface area contributed by atoms with Crippen LogP contribution >= 0.6 is 11.3 Å². The molecule has 0 saturated carbocycles. The van der Waals surface area contributed by atoms with Gasteiger partial charge in [0.1, 0.15) is 5.69 Å². The summed E-state index contributed by atoms with van der Waals surface area (Å²) in [6.45, 7) is 7.41. The van der Waals surface area contributed by atoms with Crippen molar-refractivity contribution in [1.29, 1.82) is 0 Å². The van der Waals surface area contributed by atoms with Crippen molar-refractivity contribution in [3.05, 3.63) is 22.7 Å². The first-order valence-electron chi connectivity index (χ1n) is 10.8. The quantitative estimate of drug-likeness (QED) is 0.346.